The van der Waals surface area contributed by atoms with Gasteiger partial charge in [0.25, 0.3) is 11.8 Å². The second-order valence-electron chi connectivity index (χ2n) is 6.89. The normalized spacial score (nSPS) is 17.2. The predicted molar refractivity (Wildman–Crippen MR) is 101 cm³/mol. The van der Waals surface area contributed by atoms with Crippen molar-refractivity contribution < 1.29 is 18.8 Å². The van der Waals surface area contributed by atoms with Crippen LogP contribution in [0.25, 0.3) is 10.9 Å². The highest BCUT2D eigenvalue weighted by molar-refractivity contribution is 5.99. The quantitative estimate of drug-likeness (QED) is 0.685. The Bertz CT molecular complexity index is 1020. The van der Waals surface area contributed by atoms with Crippen LogP contribution in [0.1, 0.15) is 39.4 Å². The molecule has 8 nitrogen and oxygen atoms in total. The number of hydrogen-bond donors (Lipinski definition) is 0. The standard InChI is InChI=1S/C20H22N4O4/c1-12-4-5-14-9-15(13(2)21-16(14)8-12)20(25)24-6-7-27-10-17(24)19-22-18(11-26-3)28-23-19/h4-5,8-9,17H,6-7,10-11H2,1-3H3. The molecule has 0 spiro atoms. The summed E-state index contributed by atoms with van der Waals surface area (Å²) in [5.41, 5.74) is 3.29. The van der Waals surface area contributed by atoms with E-state index in [1.165, 1.54) is 0 Å². The fourth-order valence-electron chi connectivity index (χ4n) is 3.39. The average molecular weight is 382 g/mol. The number of rotatable bonds is 4. The van der Waals surface area contributed by atoms with E-state index in [1.807, 2.05) is 38.1 Å². The van der Waals surface area contributed by atoms with Gasteiger partial charge in [0, 0.05) is 19.0 Å². The predicted octanol–water partition coefficient (Wildman–Crippen LogP) is 2.59. The number of nitrogens with zero attached hydrogens (tertiary/aromatic N) is 4. The zero-order valence-corrected chi connectivity index (χ0v) is 16.1. The molecule has 0 saturated carbocycles. The number of hydrogen-bond acceptors (Lipinski definition) is 7. The summed E-state index contributed by atoms with van der Waals surface area (Å²) >= 11 is 0. The van der Waals surface area contributed by atoms with Crippen LogP contribution in [0.2, 0.25) is 0 Å². The molecule has 2 aromatic heterocycles. The van der Waals surface area contributed by atoms with E-state index in [9.17, 15) is 4.79 Å². The first-order valence-corrected chi connectivity index (χ1v) is 9.15. The van der Waals surface area contributed by atoms with Crippen molar-refractivity contribution in [3.05, 3.63) is 52.8 Å². The highest BCUT2D eigenvalue weighted by atomic mass is 16.5. The van der Waals surface area contributed by atoms with Gasteiger partial charge in [-0.25, -0.2) is 0 Å². The van der Waals surface area contributed by atoms with Gasteiger partial charge < -0.3 is 18.9 Å². The van der Waals surface area contributed by atoms with Crippen LogP contribution in [-0.2, 0) is 16.1 Å². The number of methoxy groups -OCH3 is 1. The van der Waals surface area contributed by atoms with Crippen molar-refractivity contribution in [2.75, 3.05) is 26.9 Å². The van der Waals surface area contributed by atoms with Crippen LogP contribution in [0.3, 0.4) is 0 Å². The lowest BCUT2D eigenvalue weighted by Crippen LogP contribution is -2.44. The first-order valence-electron chi connectivity index (χ1n) is 9.15. The van der Waals surface area contributed by atoms with Crippen LogP contribution in [-0.4, -0.2) is 52.8 Å². The number of ether oxygens (including phenoxy) is 2. The van der Waals surface area contributed by atoms with Gasteiger partial charge in [0.1, 0.15) is 12.6 Å². The summed E-state index contributed by atoms with van der Waals surface area (Å²) in [6.45, 7) is 5.33. The van der Waals surface area contributed by atoms with Crippen LogP contribution in [0.15, 0.2) is 28.8 Å². The molecule has 0 radical (unpaired) electrons. The molecule has 0 bridgehead atoms. The molecule has 1 amide bonds. The van der Waals surface area contributed by atoms with Crippen LogP contribution in [0, 0.1) is 13.8 Å². The summed E-state index contributed by atoms with van der Waals surface area (Å²) < 4.78 is 15.8. The molecule has 4 rings (SSSR count). The number of pyridine rings is 1. The van der Waals surface area contributed by atoms with Crippen LogP contribution in [0.4, 0.5) is 0 Å². The monoisotopic (exact) mass is 382 g/mol. The zero-order valence-electron chi connectivity index (χ0n) is 16.1. The Kier molecular flexibility index (Phi) is 5.06. The van der Waals surface area contributed by atoms with Gasteiger partial charge >= 0.3 is 0 Å². The van der Waals surface area contributed by atoms with Crippen molar-refractivity contribution >= 4 is 16.8 Å². The Hall–Kier alpha value is -2.84. The van der Waals surface area contributed by atoms with Gasteiger partial charge in [0.15, 0.2) is 5.82 Å². The van der Waals surface area contributed by atoms with Gasteiger partial charge in [0.05, 0.1) is 30.0 Å². The van der Waals surface area contributed by atoms with E-state index < -0.39 is 6.04 Å². The number of amides is 1. The summed E-state index contributed by atoms with van der Waals surface area (Å²) in [6.07, 6.45) is 0. The smallest absolute Gasteiger partial charge is 0.256 e. The summed E-state index contributed by atoms with van der Waals surface area (Å²) in [6, 6.07) is 7.51. The number of morpholine rings is 1. The van der Waals surface area contributed by atoms with Crippen LogP contribution in [0.5, 0.6) is 0 Å². The van der Waals surface area contributed by atoms with Crippen molar-refractivity contribution in [2.45, 2.75) is 26.5 Å². The minimum absolute atomic E-state index is 0.112. The van der Waals surface area contributed by atoms with Gasteiger partial charge in [-0.1, -0.05) is 17.3 Å². The Labute approximate surface area is 162 Å². The number of fused-ring (bicyclic) bond motifs is 1. The maximum absolute atomic E-state index is 13.4. The van der Waals surface area contributed by atoms with E-state index in [0.29, 0.717) is 42.7 Å². The molecule has 1 aromatic carbocycles. The average Bonchev–Trinajstić information content (AvgIpc) is 3.16. The van der Waals surface area contributed by atoms with E-state index in [0.717, 1.165) is 16.5 Å². The third-order valence-electron chi connectivity index (χ3n) is 4.83. The first kappa shape index (κ1) is 18.5. The van der Waals surface area contributed by atoms with E-state index in [2.05, 4.69) is 15.1 Å². The van der Waals surface area contributed by atoms with Crippen LogP contribution < -0.4 is 0 Å². The third kappa shape index (κ3) is 3.48. The van der Waals surface area contributed by atoms with E-state index in [1.54, 1.807) is 12.0 Å². The molecule has 0 N–H and O–H groups in total. The summed E-state index contributed by atoms with van der Waals surface area (Å²) in [5.74, 6) is 0.676. The van der Waals surface area contributed by atoms with Gasteiger partial charge in [-0.3, -0.25) is 9.78 Å². The fourth-order valence-corrected chi connectivity index (χ4v) is 3.39. The molecule has 1 saturated heterocycles. The first-order chi connectivity index (χ1) is 13.6. The zero-order chi connectivity index (χ0) is 19.7. The third-order valence-corrected chi connectivity index (χ3v) is 4.83. The van der Waals surface area contributed by atoms with Crippen molar-refractivity contribution in [2.24, 2.45) is 0 Å². The Balaban J connectivity index is 1.67. The van der Waals surface area contributed by atoms with Gasteiger partial charge in [-0.2, -0.15) is 4.98 Å². The van der Waals surface area contributed by atoms with Crippen molar-refractivity contribution in [3.63, 3.8) is 0 Å². The molecule has 146 valence electrons. The molecule has 1 aliphatic heterocycles. The van der Waals surface area contributed by atoms with E-state index >= 15 is 0 Å². The highest BCUT2D eigenvalue weighted by Crippen LogP contribution is 2.26. The molecular formula is C20H22N4O4. The van der Waals surface area contributed by atoms with Gasteiger partial charge in [0.2, 0.25) is 0 Å². The number of carbonyl (C=O) groups is 1. The van der Waals surface area contributed by atoms with Crippen molar-refractivity contribution in [1.82, 2.24) is 20.0 Å². The largest absolute Gasteiger partial charge is 0.377 e. The van der Waals surface area contributed by atoms with Crippen molar-refractivity contribution in [1.29, 1.82) is 0 Å². The highest BCUT2D eigenvalue weighted by Gasteiger charge is 2.33. The van der Waals surface area contributed by atoms with Gasteiger partial charge in [-0.05, 0) is 31.5 Å². The second-order valence-corrected chi connectivity index (χ2v) is 6.89. The summed E-state index contributed by atoms with van der Waals surface area (Å²) in [5, 5.41) is 4.95. The molecule has 28 heavy (non-hydrogen) atoms. The summed E-state index contributed by atoms with van der Waals surface area (Å²) in [7, 11) is 1.56. The molecule has 1 atom stereocenters. The lowest BCUT2D eigenvalue weighted by molar-refractivity contribution is -0.00582. The Morgan fingerprint density at radius 1 is 1.29 bits per heavy atom. The van der Waals surface area contributed by atoms with Crippen LogP contribution >= 0.6 is 0 Å². The molecule has 1 aliphatic rings. The topological polar surface area (TPSA) is 90.6 Å². The number of aryl methyl sites for hydroxylation is 2. The Morgan fingerprint density at radius 3 is 2.96 bits per heavy atom. The number of carbonyl (C=O) groups excluding carboxylic acids is 1. The summed E-state index contributed by atoms with van der Waals surface area (Å²) in [4.78, 5) is 24.1. The number of benzene rings is 1. The molecule has 3 aromatic rings. The maximum atomic E-state index is 13.4. The molecule has 1 unspecified atom stereocenters. The molecule has 1 fully saturated rings. The fraction of sp³-hybridized carbons (Fsp3) is 0.400. The van der Waals surface area contributed by atoms with Gasteiger partial charge in [-0.15, -0.1) is 0 Å². The minimum atomic E-state index is -0.413. The number of aromatic nitrogens is 3. The Morgan fingerprint density at radius 2 is 2.14 bits per heavy atom. The van der Waals surface area contributed by atoms with Crippen molar-refractivity contribution in [3.8, 4) is 0 Å². The minimum Gasteiger partial charge on any atom is -0.377 e. The second kappa shape index (κ2) is 7.65. The van der Waals surface area contributed by atoms with E-state index in [-0.39, 0.29) is 12.5 Å². The lowest BCUT2D eigenvalue weighted by atomic mass is 10.1. The molecule has 0 aliphatic carbocycles. The molecule has 3 heterocycles. The molecular weight excluding hydrogens is 360 g/mol. The van der Waals surface area contributed by atoms with E-state index in [4.69, 9.17) is 14.0 Å². The lowest BCUT2D eigenvalue weighted by Gasteiger charge is -2.34. The maximum Gasteiger partial charge on any atom is 0.256 e. The molecule has 8 heteroatoms. The SMILES string of the molecule is COCc1nc(C2COCCN2C(=O)c2cc3ccc(C)cc3nc2C)no1.